The number of carbonyl (C=O) groups is 1. The molecule has 0 aliphatic heterocycles. The number of rotatable bonds is 6. The van der Waals surface area contributed by atoms with Crippen molar-refractivity contribution in [1.82, 2.24) is 19.7 Å². The first-order valence-corrected chi connectivity index (χ1v) is 11.1. The van der Waals surface area contributed by atoms with Gasteiger partial charge in [-0.25, -0.2) is 0 Å². The number of amides is 1. The zero-order chi connectivity index (χ0) is 21.8. The van der Waals surface area contributed by atoms with Gasteiger partial charge in [0.05, 0.1) is 11.4 Å². The summed E-state index contributed by atoms with van der Waals surface area (Å²) in [7, 11) is 0. The maximum absolute atomic E-state index is 12.5. The summed E-state index contributed by atoms with van der Waals surface area (Å²) in [6.07, 6.45) is 3.40. The highest BCUT2D eigenvalue weighted by Crippen LogP contribution is 2.31. The van der Waals surface area contributed by atoms with E-state index in [0.29, 0.717) is 26.7 Å². The smallest absolute Gasteiger partial charge is 0.234 e. The van der Waals surface area contributed by atoms with Gasteiger partial charge < -0.3 is 5.32 Å². The number of nitrogens with zero attached hydrogens (tertiary/aromatic N) is 4. The zero-order valence-electron chi connectivity index (χ0n) is 16.4. The number of halogens is 2. The molecule has 6 nitrogen and oxygen atoms in total. The number of hydrogen-bond acceptors (Lipinski definition) is 5. The van der Waals surface area contributed by atoms with E-state index in [9.17, 15) is 4.79 Å². The topological polar surface area (TPSA) is 72.7 Å². The van der Waals surface area contributed by atoms with Crippen LogP contribution in [0.2, 0.25) is 10.0 Å². The van der Waals surface area contributed by atoms with Crippen LogP contribution >= 0.6 is 35.0 Å². The molecule has 0 saturated carbocycles. The van der Waals surface area contributed by atoms with Crippen molar-refractivity contribution in [2.24, 2.45) is 0 Å². The maximum Gasteiger partial charge on any atom is 0.234 e. The molecule has 1 N–H and O–H groups in total. The molecule has 0 unspecified atom stereocenters. The lowest BCUT2D eigenvalue weighted by molar-refractivity contribution is -0.113. The number of pyridine rings is 1. The van der Waals surface area contributed by atoms with Gasteiger partial charge in [0.2, 0.25) is 5.91 Å². The Labute approximate surface area is 193 Å². The van der Waals surface area contributed by atoms with Crippen LogP contribution in [0.15, 0.2) is 72.1 Å². The Balaban J connectivity index is 1.64. The fourth-order valence-electron chi connectivity index (χ4n) is 3.00. The fraction of sp³-hybridized carbons (Fsp3) is 0.0909. The number of nitrogens with one attached hydrogen (secondary N) is 1. The van der Waals surface area contributed by atoms with Gasteiger partial charge in [0, 0.05) is 33.7 Å². The first-order chi connectivity index (χ1) is 15.0. The van der Waals surface area contributed by atoms with Crippen molar-refractivity contribution < 1.29 is 4.79 Å². The van der Waals surface area contributed by atoms with Crippen molar-refractivity contribution in [1.29, 1.82) is 0 Å². The first kappa shape index (κ1) is 21.4. The Hall–Kier alpha value is -2.87. The number of anilines is 1. The summed E-state index contributed by atoms with van der Waals surface area (Å²) in [5, 5.41) is 13.3. The summed E-state index contributed by atoms with van der Waals surface area (Å²) < 4.78 is 1.91. The van der Waals surface area contributed by atoms with Crippen molar-refractivity contribution in [3.63, 3.8) is 0 Å². The lowest BCUT2D eigenvalue weighted by Gasteiger charge is -2.14. The summed E-state index contributed by atoms with van der Waals surface area (Å²) in [6, 6.07) is 16.4. The Morgan fingerprint density at radius 3 is 2.61 bits per heavy atom. The molecule has 156 valence electrons. The number of aromatic nitrogens is 4. The molecule has 0 atom stereocenters. The van der Waals surface area contributed by atoms with Gasteiger partial charge >= 0.3 is 0 Å². The molecule has 2 heterocycles. The van der Waals surface area contributed by atoms with Gasteiger partial charge in [-0.2, -0.15) is 0 Å². The predicted octanol–water partition coefficient (Wildman–Crippen LogP) is 5.68. The minimum absolute atomic E-state index is 0.153. The number of carbonyl (C=O) groups excluding carboxylic acids is 1. The van der Waals surface area contributed by atoms with Gasteiger partial charge in [0.1, 0.15) is 0 Å². The quantitative estimate of drug-likeness (QED) is 0.368. The van der Waals surface area contributed by atoms with Crippen molar-refractivity contribution in [3.05, 3.63) is 82.6 Å². The molecule has 2 aromatic carbocycles. The lowest BCUT2D eigenvalue weighted by atomic mass is 10.2. The highest BCUT2D eigenvalue weighted by Gasteiger charge is 2.19. The zero-order valence-corrected chi connectivity index (χ0v) is 18.7. The van der Waals surface area contributed by atoms with E-state index in [2.05, 4.69) is 20.5 Å². The third-order valence-corrected chi connectivity index (χ3v) is 6.07. The molecular weight excluding hydrogens is 453 g/mol. The van der Waals surface area contributed by atoms with Crippen molar-refractivity contribution in [3.8, 4) is 17.1 Å². The Morgan fingerprint density at radius 2 is 1.84 bits per heavy atom. The highest BCUT2D eigenvalue weighted by molar-refractivity contribution is 7.99. The summed E-state index contributed by atoms with van der Waals surface area (Å²) in [6.45, 7) is 1.94. The van der Waals surface area contributed by atoms with E-state index < -0.39 is 0 Å². The molecule has 1 amide bonds. The molecule has 2 aromatic heterocycles. The van der Waals surface area contributed by atoms with E-state index in [4.69, 9.17) is 23.2 Å². The van der Waals surface area contributed by atoms with E-state index in [0.717, 1.165) is 16.8 Å². The monoisotopic (exact) mass is 469 g/mol. The van der Waals surface area contributed by atoms with E-state index in [1.54, 1.807) is 36.7 Å². The summed E-state index contributed by atoms with van der Waals surface area (Å²) in [5.41, 5.74) is 3.24. The molecule has 4 rings (SSSR count). The average molecular weight is 470 g/mol. The van der Waals surface area contributed by atoms with Crippen LogP contribution in [0.1, 0.15) is 5.56 Å². The minimum atomic E-state index is -0.171. The van der Waals surface area contributed by atoms with Gasteiger partial charge in [0.25, 0.3) is 0 Å². The molecule has 0 aliphatic rings. The van der Waals surface area contributed by atoms with Crippen LogP contribution in [-0.4, -0.2) is 31.4 Å². The van der Waals surface area contributed by atoms with Crippen LogP contribution in [0.4, 0.5) is 5.69 Å². The minimum Gasteiger partial charge on any atom is -0.325 e. The van der Waals surface area contributed by atoms with Gasteiger partial charge in [-0.3, -0.25) is 14.3 Å². The van der Waals surface area contributed by atoms with Gasteiger partial charge in [-0.05, 0) is 55.0 Å². The normalized spacial score (nSPS) is 10.8. The molecule has 0 radical (unpaired) electrons. The molecule has 0 fully saturated rings. The molecule has 4 aromatic rings. The molecule has 0 bridgehead atoms. The standard InChI is InChI=1S/C22H17Cl2N5OS/c1-14-18(24)6-3-7-19(14)29-21(15-8-10-25-11-9-15)27-28-22(29)31-13-20(30)26-17-5-2-4-16(23)12-17/h2-12H,13H2,1H3,(H,26,30). The van der Waals surface area contributed by atoms with Crippen LogP contribution in [0.25, 0.3) is 17.1 Å². The lowest BCUT2D eigenvalue weighted by Crippen LogP contribution is -2.14. The molecular formula is C22H17Cl2N5OS. The number of benzene rings is 2. The van der Waals surface area contributed by atoms with Crippen molar-refractivity contribution in [2.45, 2.75) is 12.1 Å². The summed E-state index contributed by atoms with van der Waals surface area (Å²) >= 11 is 13.6. The maximum atomic E-state index is 12.5. The molecule has 31 heavy (non-hydrogen) atoms. The van der Waals surface area contributed by atoms with Crippen LogP contribution in [0.5, 0.6) is 0 Å². The molecule has 0 saturated heterocycles. The van der Waals surface area contributed by atoms with Gasteiger partial charge in [0.15, 0.2) is 11.0 Å². The SMILES string of the molecule is Cc1c(Cl)cccc1-n1c(SCC(=O)Nc2cccc(Cl)c2)nnc1-c1ccncc1. The average Bonchev–Trinajstić information content (AvgIpc) is 3.18. The fourth-order valence-corrected chi connectivity index (χ4v) is 4.10. The van der Waals surface area contributed by atoms with Gasteiger partial charge in [-0.1, -0.05) is 47.1 Å². The van der Waals surface area contributed by atoms with E-state index in [-0.39, 0.29) is 11.7 Å². The van der Waals surface area contributed by atoms with Gasteiger partial charge in [-0.15, -0.1) is 10.2 Å². The van der Waals surface area contributed by atoms with Crippen LogP contribution in [-0.2, 0) is 4.79 Å². The number of hydrogen-bond donors (Lipinski definition) is 1. The second-order valence-electron chi connectivity index (χ2n) is 6.61. The van der Waals surface area contributed by atoms with Crippen LogP contribution in [0, 0.1) is 6.92 Å². The largest absolute Gasteiger partial charge is 0.325 e. The van der Waals surface area contributed by atoms with E-state index >= 15 is 0 Å². The summed E-state index contributed by atoms with van der Waals surface area (Å²) in [5.74, 6) is 0.626. The second kappa shape index (κ2) is 9.51. The second-order valence-corrected chi connectivity index (χ2v) is 8.39. The Morgan fingerprint density at radius 1 is 1.06 bits per heavy atom. The molecule has 0 aliphatic carbocycles. The third-order valence-electron chi connectivity index (χ3n) is 4.49. The van der Waals surface area contributed by atoms with Crippen molar-refractivity contribution in [2.75, 3.05) is 11.1 Å². The molecule has 0 spiro atoms. The Kier molecular flexibility index (Phi) is 6.56. The first-order valence-electron chi connectivity index (χ1n) is 9.32. The third kappa shape index (κ3) is 4.90. The summed E-state index contributed by atoms with van der Waals surface area (Å²) in [4.78, 5) is 16.6. The van der Waals surface area contributed by atoms with Crippen LogP contribution < -0.4 is 5.32 Å². The Bertz CT molecular complexity index is 1230. The van der Waals surface area contributed by atoms with Crippen molar-refractivity contribution >= 4 is 46.6 Å². The van der Waals surface area contributed by atoms with E-state index in [1.165, 1.54) is 11.8 Å². The van der Waals surface area contributed by atoms with Crippen LogP contribution in [0.3, 0.4) is 0 Å². The highest BCUT2D eigenvalue weighted by atomic mass is 35.5. The number of thioether (sulfide) groups is 1. The predicted molar refractivity (Wildman–Crippen MR) is 125 cm³/mol. The van der Waals surface area contributed by atoms with E-state index in [1.807, 2.05) is 41.8 Å². The molecule has 9 heteroatoms.